The lowest BCUT2D eigenvalue weighted by molar-refractivity contribution is -0.0968. The van der Waals surface area contributed by atoms with Gasteiger partial charge in [0.25, 0.3) is 0 Å². The molecule has 2 heterocycles. The third-order valence-corrected chi connectivity index (χ3v) is 7.18. The van der Waals surface area contributed by atoms with Gasteiger partial charge in [0.15, 0.2) is 0 Å². The van der Waals surface area contributed by atoms with E-state index in [2.05, 4.69) is 28.7 Å². The van der Waals surface area contributed by atoms with Crippen LogP contribution in [0.1, 0.15) is 38.5 Å². The number of hydrogen-bond donors (Lipinski definition) is 1. The maximum atomic E-state index is 10.3. The molecule has 5 atom stereocenters. The fourth-order valence-corrected chi connectivity index (χ4v) is 6.22. The van der Waals surface area contributed by atoms with E-state index >= 15 is 0 Å². The normalized spacial score (nSPS) is 41.1. The zero-order chi connectivity index (χ0) is 16.9. The van der Waals surface area contributed by atoms with Gasteiger partial charge in [-0.2, -0.15) is 0 Å². The van der Waals surface area contributed by atoms with Gasteiger partial charge < -0.3 is 9.84 Å². The molecule has 1 fully saturated rings. The largest absolute Gasteiger partial charge is 0.493 e. The number of ether oxygens (including phenoxy) is 1. The fourth-order valence-electron chi connectivity index (χ4n) is 5.36. The number of hydroxylamine groups is 2. The molecule has 4 unspecified atom stereocenters. The number of aliphatic hydroxyl groups is 1. The lowest BCUT2D eigenvalue weighted by Crippen LogP contribution is -2.42. The molecule has 0 amide bonds. The predicted molar refractivity (Wildman–Crippen MR) is 95.9 cm³/mol. The Kier molecular flexibility index (Phi) is 4.30. The number of halogens is 1. The average Bonchev–Trinajstić information content (AvgIpc) is 2.82. The average molecular weight is 396 g/mol. The van der Waals surface area contributed by atoms with Gasteiger partial charge in [-0.3, -0.25) is 9.90 Å². The van der Waals surface area contributed by atoms with Crippen LogP contribution in [0.5, 0.6) is 0 Å². The molecule has 0 bridgehead atoms. The first kappa shape index (κ1) is 16.7. The quantitative estimate of drug-likeness (QED) is 0.736. The molecule has 0 aromatic carbocycles. The van der Waals surface area contributed by atoms with Crippen molar-refractivity contribution >= 4 is 15.9 Å². The first-order valence-electron chi connectivity index (χ1n) is 8.96. The topological polar surface area (TPSA) is 41.9 Å². The van der Waals surface area contributed by atoms with E-state index in [1.165, 1.54) is 16.5 Å². The van der Waals surface area contributed by atoms with E-state index in [0.717, 1.165) is 38.0 Å². The van der Waals surface area contributed by atoms with Crippen LogP contribution in [0.25, 0.3) is 0 Å². The zero-order valence-electron chi connectivity index (χ0n) is 14.2. The molecule has 0 aromatic rings. The molecule has 4 aliphatic rings. The van der Waals surface area contributed by atoms with Crippen molar-refractivity contribution in [1.82, 2.24) is 5.06 Å². The summed E-state index contributed by atoms with van der Waals surface area (Å²) in [5.74, 6) is 1.96. The second-order valence-corrected chi connectivity index (χ2v) is 8.49. The zero-order valence-corrected chi connectivity index (χ0v) is 15.8. The molecule has 1 saturated carbocycles. The monoisotopic (exact) mass is 395 g/mol. The van der Waals surface area contributed by atoms with Crippen molar-refractivity contribution in [1.29, 1.82) is 0 Å². The van der Waals surface area contributed by atoms with Crippen molar-refractivity contribution in [2.75, 3.05) is 13.7 Å². The molecule has 5 heteroatoms. The highest BCUT2D eigenvalue weighted by Gasteiger charge is 2.59. The van der Waals surface area contributed by atoms with E-state index in [1.807, 2.05) is 11.1 Å². The van der Waals surface area contributed by atoms with Gasteiger partial charge >= 0.3 is 0 Å². The second kappa shape index (κ2) is 6.19. The molecule has 132 valence electrons. The van der Waals surface area contributed by atoms with Crippen LogP contribution in [0.15, 0.2) is 34.7 Å². The number of hydrogen-bond acceptors (Lipinski definition) is 4. The van der Waals surface area contributed by atoms with E-state index in [4.69, 9.17) is 9.57 Å². The highest BCUT2D eigenvalue weighted by atomic mass is 79.9. The summed E-state index contributed by atoms with van der Waals surface area (Å²) in [6.45, 7) is 4.71. The summed E-state index contributed by atoms with van der Waals surface area (Å²) >= 11 is 3.90. The smallest absolute Gasteiger partial charge is 0.112 e. The summed E-state index contributed by atoms with van der Waals surface area (Å²) < 4.78 is 7.60. The van der Waals surface area contributed by atoms with E-state index < -0.39 is 0 Å². The maximum Gasteiger partial charge on any atom is 0.112 e. The fraction of sp³-hybridized carbons (Fsp3) is 0.684. The molecule has 0 saturated heterocycles. The highest BCUT2D eigenvalue weighted by Crippen LogP contribution is 2.63. The molecule has 4 rings (SSSR count). The third-order valence-electron chi connectivity index (χ3n) is 6.27. The Morgan fingerprint density at radius 3 is 3.12 bits per heavy atom. The Labute approximate surface area is 152 Å². The lowest BCUT2D eigenvalue weighted by Gasteiger charge is -2.44. The molecule has 1 spiro atoms. The van der Waals surface area contributed by atoms with Crippen LogP contribution in [0.2, 0.25) is 0 Å². The molecular weight excluding hydrogens is 370 g/mol. The van der Waals surface area contributed by atoms with Gasteiger partial charge in [0.05, 0.1) is 30.9 Å². The van der Waals surface area contributed by atoms with Gasteiger partial charge in [-0.1, -0.05) is 22.0 Å². The summed E-state index contributed by atoms with van der Waals surface area (Å²) in [4.78, 5) is 5.55. The third kappa shape index (κ3) is 2.39. The molecule has 2 aliphatic carbocycles. The van der Waals surface area contributed by atoms with E-state index in [9.17, 15) is 5.11 Å². The minimum absolute atomic E-state index is 0.0840. The second-order valence-electron chi connectivity index (χ2n) is 7.64. The van der Waals surface area contributed by atoms with Gasteiger partial charge in [-0.05, 0) is 43.6 Å². The molecule has 0 aromatic heterocycles. The van der Waals surface area contributed by atoms with E-state index in [1.54, 1.807) is 7.11 Å². The molecule has 2 aliphatic heterocycles. The Hall–Kier alpha value is -0.780. The van der Waals surface area contributed by atoms with Crippen LogP contribution in [-0.4, -0.2) is 36.0 Å². The van der Waals surface area contributed by atoms with Crippen molar-refractivity contribution in [2.45, 2.75) is 50.7 Å². The Bertz CT molecular complexity index is 601. The Morgan fingerprint density at radius 1 is 1.54 bits per heavy atom. The molecule has 0 radical (unpaired) electrons. The maximum absolute atomic E-state index is 10.3. The number of allylic oxidation sites excluding steroid dienone is 1. The van der Waals surface area contributed by atoms with Crippen molar-refractivity contribution in [3.63, 3.8) is 0 Å². The Morgan fingerprint density at radius 2 is 2.38 bits per heavy atom. The minimum atomic E-state index is -0.314. The van der Waals surface area contributed by atoms with Gasteiger partial charge in [0.2, 0.25) is 0 Å². The SMILES string of the molecule is C=CCC1CCC2OC3=C4C(C[C@@H](O)C3)CN(OC)C=C(Br)C42C1. The number of nitrogens with zero attached hydrogens (tertiary/aromatic N) is 1. The van der Waals surface area contributed by atoms with Crippen LogP contribution in [-0.2, 0) is 9.57 Å². The number of aliphatic hydroxyl groups excluding tert-OH is 1. The molecule has 4 nitrogen and oxygen atoms in total. The first-order chi connectivity index (χ1) is 11.6. The van der Waals surface area contributed by atoms with Crippen LogP contribution in [0.4, 0.5) is 0 Å². The minimum Gasteiger partial charge on any atom is -0.493 e. The predicted octanol–water partition coefficient (Wildman–Crippen LogP) is 3.89. The Balaban J connectivity index is 1.82. The highest BCUT2D eigenvalue weighted by molar-refractivity contribution is 9.11. The van der Waals surface area contributed by atoms with Crippen molar-refractivity contribution in [2.24, 2.45) is 17.3 Å². The van der Waals surface area contributed by atoms with Crippen molar-refractivity contribution in [3.05, 3.63) is 34.7 Å². The van der Waals surface area contributed by atoms with Crippen LogP contribution in [0.3, 0.4) is 0 Å². The summed E-state index contributed by atoms with van der Waals surface area (Å²) in [6, 6.07) is 0. The van der Waals surface area contributed by atoms with Crippen LogP contribution in [0, 0.1) is 17.3 Å². The lowest BCUT2D eigenvalue weighted by atomic mass is 9.60. The van der Waals surface area contributed by atoms with Crippen LogP contribution < -0.4 is 0 Å². The molecule has 24 heavy (non-hydrogen) atoms. The van der Waals surface area contributed by atoms with Crippen molar-refractivity contribution < 1.29 is 14.7 Å². The molecular formula is C19H26BrNO3. The van der Waals surface area contributed by atoms with Gasteiger partial charge in [0.1, 0.15) is 6.10 Å². The summed E-state index contributed by atoms with van der Waals surface area (Å²) in [5.41, 5.74) is 1.34. The first-order valence-corrected chi connectivity index (χ1v) is 9.75. The summed E-state index contributed by atoms with van der Waals surface area (Å²) in [7, 11) is 1.71. The summed E-state index contributed by atoms with van der Waals surface area (Å²) in [6.07, 6.45) is 9.83. The van der Waals surface area contributed by atoms with Gasteiger partial charge in [0, 0.05) is 23.0 Å². The number of rotatable bonds is 3. The van der Waals surface area contributed by atoms with Gasteiger partial charge in [-0.15, -0.1) is 6.58 Å². The van der Waals surface area contributed by atoms with Gasteiger partial charge in [-0.25, -0.2) is 0 Å². The van der Waals surface area contributed by atoms with Crippen LogP contribution >= 0.6 is 15.9 Å². The van der Waals surface area contributed by atoms with E-state index in [-0.39, 0.29) is 23.5 Å². The standard InChI is InChI=1S/C19H26BrNO3/c1-3-4-12-5-6-17-19(9-12)16(20)11-21(23-2)10-13-7-14(22)8-15(24-17)18(13)19/h3,11-14,17,22H,1,4-10H2,2H3/t12?,13?,14-,17?,19?/m1/s1. The molecule has 1 N–H and O–H groups in total. The van der Waals surface area contributed by atoms with E-state index in [0.29, 0.717) is 12.3 Å². The van der Waals surface area contributed by atoms with Crippen molar-refractivity contribution in [3.8, 4) is 0 Å². The summed E-state index contributed by atoms with van der Waals surface area (Å²) in [5, 5.41) is 12.2.